The maximum Gasteiger partial charge on any atom is 0.227 e. The third-order valence-corrected chi connectivity index (χ3v) is 4.77. The highest BCUT2D eigenvalue weighted by Gasteiger charge is 2.19. The summed E-state index contributed by atoms with van der Waals surface area (Å²) in [5.74, 6) is 1.63. The minimum absolute atomic E-state index is 0.700. The van der Waals surface area contributed by atoms with Crippen LogP contribution in [0.2, 0.25) is 0 Å². The van der Waals surface area contributed by atoms with Crippen molar-refractivity contribution in [2.24, 2.45) is 0 Å². The molecule has 0 atom stereocenters. The number of nitrogens with zero attached hydrogens (tertiary/aromatic N) is 5. The fourth-order valence-electron chi connectivity index (χ4n) is 3.28. The molecule has 0 radical (unpaired) electrons. The molecule has 6 nitrogen and oxygen atoms in total. The first kappa shape index (κ1) is 17.3. The van der Waals surface area contributed by atoms with Gasteiger partial charge in [-0.15, -0.1) is 0 Å². The molecule has 0 aliphatic carbocycles. The van der Waals surface area contributed by atoms with Gasteiger partial charge in [0.2, 0.25) is 5.95 Å². The Morgan fingerprint density at radius 1 is 0.963 bits per heavy atom. The maximum absolute atomic E-state index is 4.69. The number of rotatable bonds is 5. The summed E-state index contributed by atoms with van der Waals surface area (Å²) in [7, 11) is 0. The molecule has 1 aliphatic rings. The van der Waals surface area contributed by atoms with E-state index in [1.165, 1.54) is 11.3 Å². The lowest BCUT2D eigenvalue weighted by Gasteiger charge is -2.36. The van der Waals surface area contributed by atoms with Crippen molar-refractivity contribution in [3.05, 3.63) is 72.2 Å². The monoisotopic (exact) mass is 360 g/mol. The molecule has 3 heterocycles. The number of pyridine rings is 1. The van der Waals surface area contributed by atoms with E-state index in [1.807, 2.05) is 30.6 Å². The molecule has 27 heavy (non-hydrogen) atoms. The molecule has 4 rings (SSSR count). The van der Waals surface area contributed by atoms with Gasteiger partial charge in [0, 0.05) is 57.0 Å². The minimum atomic E-state index is 0.700. The second-order valence-corrected chi connectivity index (χ2v) is 6.77. The van der Waals surface area contributed by atoms with Crippen LogP contribution in [0.5, 0.6) is 0 Å². The van der Waals surface area contributed by atoms with Gasteiger partial charge in [0.1, 0.15) is 5.82 Å². The molecule has 2 aromatic heterocycles. The molecule has 0 unspecified atom stereocenters. The van der Waals surface area contributed by atoms with Crippen LogP contribution in [0, 0.1) is 6.92 Å². The minimum Gasteiger partial charge on any atom is -0.368 e. The summed E-state index contributed by atoms with van der Waals surface area (Å²) in [5, 5.41) is 3.35. The number of hydrogen-bond acceptors (Lipinski definition) is 6. The van der Waals surface area contributed by atoms with E-state index in [1.54, 1.807) is 6.20 Å². The highest BCUT2D eigenvalue weighted by atomic mass is 15.3. The van der Waals surface area contributed by atoms with Gasteiger partial charge in [0.05, 0.1) is 0 Å². The third kappa shape index (κ3) is 4.34. The summed E-state index contributed by atoms with van der Waals surface area (Å²) < 4.78 is 0. The molecule has 1 fully saturated rings. The van der Waals surface area contributed by atoms with Gasteiger partial charge in [0.15, 0.2) is 0 Å². The number of anilines is 3. The predicted molar refractivity (Wildman–Crippen MR) is 109 cm³/mol. The smallest absolute Gasteiger partial charge is 0.227 e. The van der Waals surface area contributed by atoms with E-state index in [2.05, 4.69) is 61.3 Å². The Bertz CT molecular complexity index is 875. The summed E-state index contributed by atoms with van der Waals surface area (Å²) in [4.78, 5) is 18.0. The zero-order valence-electron chi connectivity index (χ0n) is 15.5. The van der Waals surface area contributed by atoms with E-state index >= 15 is 0 Å². The zero-order valence-corrected chi connectivity index (χ0v) is 15.5. The molecule has 0 bridgehead atoms. The van der Waals surface area contributed by atoms with Crippen molar-refractivity contribution in [1.82, 2.24) is 15.0 Å². The van der Waals surface area contributed by atoms with Crippen molar-refractivity contribution in [3.63, 3.8) is 0 Å². The normalized spacial score (nSPS) is 14.3. The Morgan fingerprint density at radius 3 is 2.59 bits per heavy atom. The lowest BCUT2D eigenvalue weighted by atomic mass is 10.2. The Labute approximate surface area is 159 Å². The standard InChI is InChI=1S/C21H24N6/c1-17-4-2-6-19(14-17)26-10-12-27(13-11-26)21-23-9-7-20(25-21)24-16-18-5-3-8-22-15-18/h2-9,14-15H,10-13,16H2,1H3,(H,23,24,25). The number of nitrogens with one attached hydrogen (secondary N) is 1. The SMILES string of the molecule is Cc1cccc(N2CCN(c3nccc(NCc4cccnc4)n3)CC2)c1. The van der Waals surface area contributed by atoms with E-state index in [0.29, 0.717) is 6.54 Å². The molecular formula is C21H24N6. The van der Waals surface area contributed by atoms with Gasteiger partial charge in [-0.1, -0.05) is 18.2 Å². The van der Waals surface area contributed by atoms with Gasteiger partial charge in [-0.25, -0.2) is 4.98 Å². The first-order valence-electron chi connectivity index (χ1n) is 9.30. The topological polar surface area (TPSA) is 57.2 Å². The van der Waals surface area contributed by atoms with E-state index in [-0.39, 0.29) is 0 Å². The molecule has 6 heteroatoms. The third-order valence-electron chi connectivity index (χ3n) is 4.77. The molecule has 138 valence electrons. The fraction of sp³-hybridized carbons (Fsp3) is 0.286. The number of benzene rings is 1. The molecule has 1 aromatic carbocycles. The van der Waals surface area contributed by atoms with Gasteiger partial charge in [-0.05, 0) is 42.3 Å². The molecular weight excluding hydrogens is 336 g/mol. The van der Waals surface area contributed by atoms with Gasteiger partial charge in [-0.3, -0.25) is 4.98 Å². The molecule has 0 amide bonds. The van der Waals surface area contributed by atoms with E-state index in [0.717, 1.165) is 43.5 Å². The summed E-state index contributed by atoms with van der Waals surface area (Å²) in [6.45, 7) is 6.61. The largest absolute Gasteiger partial charge is 0.368 e. The highest BCUT2D eigenvalue weighted by Crippen LogP contribution is 2.20. The predicted octanol–water partition coefficient (Wildman–Crippen LogP) is 3.12. The summed E-state index contributed by atoms with van der Waals surface area (Å²) in [5.41, 5.74) is 3.72. The molecule has 1 saturated heterocycles. The van der Waals surface area contributed by atoms with Crippen LogP contribution in [0.1, 0.15) is 11.1 Å². The number of aromatic nitrogens is 3. The first-order valence-corrected chi connectivity index (χ1v) is 9.30. The van der Waals surface area contributed by atoms with Crippen molar-refractivity contribution in [2.75, 3.05) is 41.3 Å². The number of aryl methyl sites for hydroxylation is 1. The molecule has 0 spiro atoms. The molecule has 1 N–H and O–H groups in total. The van der Waals surface area contributed by atoms with Crippen molar-refractivity contribution >= 4 is 17.5 Å². The van der Waals surface area contributed by atoms with Crippen LogP contribution >= 0.6 is 0 Å². The second kappa shape index (κ2) is 8.03. The van der Waals surface area contributed by atoms with Crippen molar-refractivity contribution in [1.29, 1.82) is 0 Å². The quantitative estimate of drug-likeness (QED) is 0.754. The van der Waals surface area contributed by atoms with Gasteiger partial charge in [-0.2, -0.15) is 4.98 Å². The van der Waals surface area contributed by atoms with Crippen LogP contribution in [0.15, 0.2) is 61.1 Å². The van der Waals surface area contributed by atoms with Crippen molar-refractivity contribution < 1.29 is 0 Å². The summed E-state index contributed by atoms with van der Waals surface area (Å²) >= 11 is 0. The maximum atomic E-state index is 4.69. The van der Waals surface area contributed by atoms with Gasteiger partial charge >= 0.3 is 0 Å². The first-order chi connectivity index (χ1) is 13.3. The molecule has 3 aromatic rings. The number of piperazine rings is 1. The summed E-state index contributed by atoms with van der Waals surface area (Å²) in [6.07, 6.45) is 5.46. The van der Waals surface area contributed by atoms with Crippen LogP contribution < -0.4 is 15.1 Å². The highest BCUT2D eigenvalue weighted by molar-refractivity contribution is 5.50. The van der Waals surface area contributed by atoms with E-state index < -0.39 is 0 Å². The average Bonchev–Trinajstić information content (AvgIpc) is 2.73. The average molecular weight is 360 g/mol. The summed E-state index contributed by atoms with van der Waals surface area (Å²) in [6, 6.07) is 14.6. The zero-order chi connectivity index (χ0) is 18.5. The molecule has 1 aliphatic heterocycles. The van der Waals surface area contributed by atoms with Crippen molar-refractivity contribution in [2.45, 2.75) is 13.5 Å². The Morgan fingerprint density at radius 2 is 1.81 bits per heavy atom. The fourth-order valence-corrected chi connectivity index (χ4v) is 3.28. The van der Waals surface area contributed by atoms with Crippen LogP contribution in [0.25, 0.3) is 0 Å². The van der Waals surface area contributed by atoms with Crippen LogP contribution in [0.3, 0.4) is 0 Å². The lowest BCUT2D eigenvalue weighted by molar-refractivity contribution is 0.640. The molecule has 0 saturated carbocycles. The van der Waals surface area contributed by atoms with E-state index in [4.69, 9.17) is 0 Å². The lowest BCUT2D eigenvalue weighted by Crippen LogP contribution is -2.47. The number of hydrogen-bond donors (Lipinski definition) is 1. The Hall–Kier alpha value is -3.15. The van der Waals surface area contributed by atoms with E-state index in [9.17, 15) is 0 Å². The second-order valence-electron chi connectivity index (χ2n) is 6.77. The van der Waals surface area contributed by atoms with Crippen molar-refractivity contribution in [3.8, 4) is 0 Å². The Balaban J connectivity index is 1.37. The van der Waals surface area contributed by atoms with Gasteiger partial charge < -0.3 is 15.1 Å². The van der Waals surface area contributed by atoms with Gasteiger partial charge in [0.25, 0.3) is 0 Å². The van der Waals surface area contributed by atoms with Crippen LogP contribution in [0.4, 0.5) is 17.5 Å². The van der Waals surface area contributed by atoms with Crippen LogP contribution in [-0.2, 0) is 6.54 Å². The Kier molecular flexibility index (Phi) is 5.14. The van der Waals surface area contributed by atoms with Crippen LogP contribution in [-0.4, -0.2) is 41.1 Å².